The second kappa shape index (κ2) is 7.86. The molecule has 0 saturated heterocycles. The Kier molecular flexibility index (Phi) is 5.62. The first-order valence-corrected chi connectivity index (χ1v) is 7.13. The molecule has 1 atom stereocenters. The van der Waals surface area contributed by atoms with Crippen LogP contribution in [0.4, 0.5) is 0 Å². The average Bonchev–Trinajstić information content (AvgIpc) is 2.57. The molecule has 1 heterocycles. The van der Waals surface area contributed by atoms with Crippen molar-refractivity contribution in [3.8, 4) is 11.5 Å². The quantitative estimate of drug-likeness (QED) is 0.340. The third-order valence-electron chi connectivity index (χ3n) is 3.15. The smallest absolute Gasteiger partial charge is 0.368 e. The van der Waals surface area contributed by atoms with Gasteiger partial charge in [0.05, 0.1) is 7.11 Å². The molecule has 1 aliphatic rings. The highest BCUT2D eigenvalue weighted by Gasteiger charge is 2.41. The summed E-state index contributed by atoms with van der Waals surface area (Å²) in [4.78, 5) is 36.3. The fraction of sp³-hybridized carbons (Fsp3) is 0.188. The maximum Gasteiger partial charge on any atom is 0.368 e. The molecule has 9 nitrogen and oxygen atoms in total. The SMILES string of the molecule is C=CCOc1ccc(/C=C/C2=NC(=O)C([N+](=O)[O-])C(=O)N2)cc1OC. The fourth-order valence-electron chi connectivity index (χ4n) is 2.01. The molecule has 0 radical (unpaired) electrons. The first kappa shape index (κ1) is 17.9. The number of carbonyl (C=O) groups is 2. The van der Waals surface area contributed by atoms with Crippen LogP contribution in [0, 0.1) is 10.1 Å². The molecule has 130 valence electrons. The van der Waals surface area contributed by atoms with Gasteiger partial charge >= 0.3 is 17.9 Å². The van der Waals surface area contributed by atoms with Gasteiger partial charge in [-0.1, -0.05) is 24.8 Å². The zero-order chi connectivity index (χ0) is 18.4. The summed E-state index contributed by atoms with van der Waals surface area (Å²) in [6, 6.07) is 3.10. The van der Waals surface area contributed by atoms with Gasteiger partial charge in [0.1, 0.15) is 12.4 Å². The van der Waals surface area contributed by atoms with Crippen molar-refractivity contribution in [2.75, 3.05) is 13.7 Å². The van der Waals surface area contributed by atoms with Crippen LogP contribution in [-0.4, -0.2) is 42.3 Å². The molecule has 9 heteroatoms. The number of aliphatic imine (C=N–C) groups is 1. The van der Waals surface area contributed by atoms with Crippen molar-refractivity contribution in [3.05, 3.63) is 52.6 Å². The van der Waals surface area contributed by atoms with E-state index in [1.54, 1.807) is 30.4 Å². The Balaban J connectivity index is 2.18. The van der Waals surface area contributed by atoms with Crippen molar-refractivity contribution in [2.24, 2.45) is 4.99 Å². The summed E-state index contributed by atoms with van der Waals surface area (Å²) >= 11 is 0. The summed E-state index contributed by atoms with van der Waals surface area (Å²) in [6.45, 7) is 3.89. The van der Waals surface area contributed by atoms with Gasteiger partial charge in [0.15, 0.2) is 11.5 Å². The normalized spacial score (nSPS) is 17.0. The molecule has 0 bridgehead atoms. The predicted octanol–water partition coefficient (Wildman–Crippen LogP) is 0.973. The third kappa shape index (κ3) is 4.28. The lowest BCUT2D eigenvalue weighted by Gasteiger charge is -2.12. The number of hydrogen-bond acceptors (Lipinski definition) is 6. The molecule has 25 heavy (non-hydrogen) atoms. The van der Waals surface area contributed by atoms with Crippen LogP contribution in [0.3, 0.4) is 0 Å². The average molecular weight is 345 g/mol. The van der Waals surface area contributed by atoms with Crippen LogP contribution >= 0.6 is 0 Å². The lowest BCUT2D eigenvalue weighted by molar-refractivity contribution is -0.493. The van der Waals surface area contributed by atoms with Gasteiger partial charge in [-0.2, -0.15) is 4.99 Å². The molecule has 1 aliphatic heterocycles. The number of ether oxygens (including phenoxy) is 2. The second-order valence-corrected chi connectivity index (χ2v) is 4.86. The van der Waals surface area contributed by atoms with E-state index in [-0.39, 0.29) is 5.84 Å². The summed E-state index contributed by atoms with van der Waals surface area (Å²) < 4.78 is 10.7. The highest BCUT2D eigenvalue weighted by molar-refractivity contribution is 6.21. The van der Waals surface area contributed by atoms with E-state index in [9.17, 15) is 19.7 Å². The zero-order valence-electron chi connectivity index (χ0n) is 13.3. The van der Waals surface area contributed by atoms with E-state index >= 15 is 0 Å². The molecule has 0 aliphatic carbocycles. The summed E-state index contributed by atoms with van der Waals surface area (Å²) in [5.41, 5.74) is 0.684. The number of benzene rings is 1. The van der Waals surface area contributed by atoms with Gasteiger partial charge in [-0.25, -0.2) is 0 Å². The van der Waals surface area contributed by atoms with Crippen molar-refractivity contribution in [3.63, 3.8) is 0 Å². The van der Waals surface area contributed by atoms with Gasteiger partial charge in [0.2, 0.25) is 0 Å². The number of methoxy groups -OCH3 is 1. The van der Waals surface area contributed by atoms with E-state index in [1.807, 2.05) is 0 Å². The maximum absolute atomic E-state index is 11.6. The second-order valence-electron chi connectivity index (χ2n) is 4.86. The number of nitrogens with zero attached hydrogens (tertiary/aromatic N) is 2. The Morgan fingerprint density at radius 1 is 1.36 bits per heavy atom. The molecule has 0 fully saturated rings. The van der Waals surface area contributed by atoms with Gasteiger partial charge in [0, 0.05) is 4.92 Å². The number of amidine groups is 1. The minimum absolute atomic E-state index is 0.0703. The van der Waals surface area contributed by atoms with Crippen molar-refractivity contribution < 1.29 is 24.0 Å². The molecule has 1 unspecified atom stereocenters. The van der Waals surface area contributed by atoms with Crippen LogP contribution in [0.2, 0.25) is 0 Å². The van der Waals surface area contributed by atoms with Gasteiger partial charge in [-0.05, 0) is 23.8 Å². The molecule has 2 rings (SSSR count). The largest absolute Gasteiger partial charge is 0.493 e. The Hall–Kier alpha value is -3.49. The number of carbonyl (C=O) groups excluding carboxylic acids is 2. The third-order valence-corrected chi connectivity index (χ3v) is 3.15. The molecule has 0 aromatic heterocycles. The first-order valence-electron chi connectivity index (χ1n) is 7.13. The van der Waals surface area contributed by atoms with Crippen molar-refractivity contribution in [2.45, 2.75) is 6.04 Å². The molecule has 1 aromatic carbocycles. The highest BCUT2D eigenvalue weighted by Crippen LogP contribution is 2.28. The van der Waals surface area contributed by atoms with Crippen molar-refractivity contribution in [1.29, 1.82) is 0 Å². The standard InChI is InChI=1S/C16H15N3O6/c1-3-8-25-11-6-4-10(9-12(11)24-2)5-7-13-17-15(20)14(19(22)23)16(21)18-13/h3-7,9,14H,1,8H2,2H3,(H,17,18,20,21)/b7-5+. The fourth-order valence-corrected chi connectivity index (χ4v) is 2.01. The number of nitrogens with one attached hydrogen (secondary N) is 1. The number of amides is 2. The molecular weight excluding hydrogens is 330 g/mol. The van der Waals surface area contributed by atoms with E-state index in [4.69, 9.17) is 9.47 Å². The predicted molar refractivity (Wildman–Crippen MR) is 89.1 cm³/mol. The minimum Gasteiger partial charge on any atom is -0.493 e. The van der Waals surface area contributed by atoms with E-state index in [2.05, 4.69) is 16.9 Å². The van der Waals surface area contributed by atoms with Gasteiger partial charge in [0.25, 0.3) is 0 Å². The van der Waals surface area contributed by atoms with Gasteiger partial charge in [-0.15, -0.1) is 0 Å². The summed E-state index contributed by atoms with van der Waals surface area (Å²) in [5, 5.41) is 12.9. The van der Waals surface area contributed by atoms with Crippen LogP contribution in [0.5, 0.6) is 11.5 Å². The molecule has 2 amide bonds. The number of hydrogen-bond donors (Lipinski definition) is 1. The number of nitro groups is 1. The van der Waals surface area contributed by atoms with E-state index < -0.39 is 22.8 Å². The van der Waals surface area contributed by atoms with Crippen LogP contribution in [-0.2, 0) is 9.59 Å². The monoisotopic (exact) mass is 345 g/mol. The lowest BCUT2D eigenvalue weighted by atomic mass is 10.1. The lowest BCUT2D eigenvalue weighted by Crippen LogP contribution is -2.50. The van der Waals surface area contributed by atoms with Crippen LogP contribution in [0.15, 0.2) is 41.9 Å². The Bertz CT molecular complexity index is 784. The summed E-state index contributed by atoms with van der Waals surface area (Å²) in [6.07, 6.45) is 4.54. The molecule has 1 aromatic rings. The van der Waals surface area contributed by atoms with Crippen LogP contribution in [0.25, 0.3) is 6.08 Å². The first-order chi connectivity index (χ1) is 12.0. The zero-order valence-corrected chi connectivity index (χ0v) is 13.3. The van der Waals surface area contributed by atoms with Crippen LogP contribution < -0.4 is 14.8 Å². The molecule has 1 N–H and O–H groups in total. The van der Waals surface area contributed by atoms with Gasteiger partial charge < -0.3 is 14.8 Å². The number of rotatable bonds is 7. The minimum atomic E-state index is -2.00. The molecular formula is C16H15N3O6. The Morgan fingerprint density at radius 2 is 2.12 bits per heavy atom. The maximum atomic E-state index is 11.6. The highest BCUT2D eigenvalue weighted by atomic mass is 16.6. The van der Waals surface area contributed by atoms with Crippen molar-refractivity contribution >= 4 is 23.7 Å². The van der Waals surface area contributed by atoms with Crippen LogP contribution in [0.1, 0.15) is 5.56 Å². The van der Waals surface area contributed by atoms with Gasteiger partial charge in [-0.3, -0.25) is 19.7 Å². The Morgan fingerprint density at radius 3 is 2.72 bits per heavy atom. The molecule has 0 spiro atoms. The Labute approximate surface area is 142 Å². The van der Waals surface area contributed by atoms with E-state index in [0.717, 1.165) is 0 Å². The van der Waals surface area contributed by atoms with Crippen molar-refractivity contribution in [1.82, 2.24) is 5.32 Å². The van der Waals surface area contributed by atoms with E-state index in [1.165, 1.54) is 13.2 Å². The summed E-state index contributed by atoms with van der Waals surface area (Å²) in [5.74, 6) is -1.18. The molecule has 0 saturated carbocycles. The topological polar surface area (TPSA) is 120 Å². The van der Waals surface area contributed by atoms with E-state index in [0.29, 0.717) is 23.7 Å². The summed E-state index contributed by atoms with van der Waals surface area (Å²) in [7, 11) is 1.49.